The molecule has 2 aromatic carbocycles. The highest BCUT2D eigenvalue weighted by molar-refractivity contribution is 5.81. The Morgan fingerprint density at radius 3 is 2.71 bits per heavy atom. The summed E-state index contributed by atoms with van der Waals surface area (Å²) in [4.78, 5) is 6.28. The second kappa shape index (κ2) is 10.2. The number of nitrogens with one attached hydrogen (secondary N) is 1. The molecule has 0 spiro atoms. The Balaban J connectivity index is 1.38. The number of benzene rings is 2. The maximum absolute atomic E-state index is 10.2. The number of para-hydroxylation sites is 1. The fourth-order valence-corrected chi connectivity index (χ4v) is 3.26. The summed E-state index contributed by atoms with van der Waals surface area (Å²) < 4.78 is 5.62. The minimum atomic E-state index is -0.522. The number of ether oxygens (including phenoxy) is 1. The minimum Gasteiger partial charge on any atom is -0.491 e. The van der Waals surface area contributed by atoms with Gasteiger partial charge in [0.05, 0.1) is 0 Å². The van der Waals surface area contributed by atoms with Gasteiger partial charge in [0, 0.05) is 43.5 Å². The molecule has 0 bridgehead atoms. The van der Waals surface area contributed by atoms with Crippen LogP contribution in [0.3, 0.4) is 0 Å². The Bertz CT molecular complexity index is 857. The monoisotopic (exact) mass is 379 g/mol. The van der Waals surface area contributed by atoms with E-state index in [0.29, 0.717) is 19.2 Å². The predicted molar refractivity (Wildman–Crippen MR) is 113 cm³/mol. The van der Waals surface area contributed by atoms with E-state index in [9.17, 15) is 5.11 Å². The lowest BCUT2D eigenvalue weighted by Crippen LogP contribution is -2.41. The zero-order chi connectivity index (χ0) is 19.8. The lowest BCUT2D eigenvalue weighted by atomic mass is 10.1. The molecular formula is C23H29N3O2. The lowest BCUT2D eigenvalue weighted by Gasteiger charge is -2.24. The number of aliphatic hydroxyl groups excluding tert-OH is 1. The standard InChI is InChI=1S/C23H29N3O2/c1-18(25-13-19-8-9-21-14-24-11-10-20(21)12-19)15-26(2)16-22(27)17-28-23-6-4-3-5-7-23/h3-12,14,18,22,25,27H,13,15-17H2,1-2H3/t18-,22?/m1/s1. The highest BCUT2D eigenvalue weighted by atomic mass is 16.5. The lowest BCUT2D eigenvalue weighted by molar-refractivity contribution is 0.0741. The topological polar surface area (TPSA) is 57.6 Å². The van der Waals surface area contributed by atoms with Gasteiger partial charge in [-0.25, -0.2) is 0 Å². The van der Waals surface area contributed by atoms with Gasteiger partial charge in [0.2, 0.25) is 0 Å². The number of hydrogen-bond donors (Lipinski definition) is 2. The highest BCUT2D eigenvalue weighted by Gasteiger charge is 2.12. The van der Waals surface area contributed by atoms with Gasteiger partial charge in [0.1, 0.15) is 18.5 Å². The van der Waals surface area contributed by atoms with Gasteiger partial charge < -0.3 is 20.1 Å². The smallest absolute Gasteiger partial charge is 0.119 e. The third-order valence-corrected chi connectivity index (χ3v) is 4.65. The Hall–Kier alpha value is -2.47. The van der Waals surface area contributed by atoms with Crippen molar-refractivity contribution in [3.63, 3.8) is 0 Å². The minimum absolute atomic E-state index is 0.294. The molecule has 2 N–H and O–H groups in total. The third-order valence-electron chi connectivity index (χ3n) is 4.65. The second-order valence-corrected chi connectivity index (χ2v) is 7.34. The van der Waals surface area contributed by atoms with Crippen molar-refractivity contribution in [2.75, 3.05) is 26.7 Å². The van der Waals surface area contributed by atoms with Crippen LogP contribution in [0, 0.1) is 0 Å². The van der Waals surface area contributed by atoms with Crippen LogP contribution < -0.4 is 10.1 Å². The first-order valence-electron chi connectivity index (χ1n) is 9.70. The molecule has 0 aliphatic heterocycles. The first-order chi connectivity index (χ1) is 13.6. The van der Waals surface area contributed by atoms with Gasteiger partial charge >= 0.3 is 0 Å². The van der Waals surface area contributed by atoms with Crippen molar-refractivity contribution in [1.82, 2.24) is 15.2 Å². The van der Waals surface area contributed by atoms with Crippen molar-refractivity contribution in [3.8, 4) is 5.75 Å². The van der Waals surface area contributed by atoms with Crippen LogP contribution in [0.4, 0.5) is 0 Å². The summed E-state index contributed by atoms with van der Waals surface area (Å²) in [7, 11) is 2.02. The fraction of sp³-hybridized carbons (Fsp3) is 0.348. The molecule has 0 amide bonds. The van der Waals surface area contributed by atoms with E-state index in [1.165, 1.54) is 10.9 Å². The molecule has 28 heavy (non-hydrogen) atoms. The second-order valence-electron chi connectivity index (χ2n) is 7.34. The molecule has 3 aromatic rings. The molecule has 2 atom stereocenters. The molecular weight excluding hydrogens is 350 g/mol. The summed E-state index contributed by atoms with van der Waals surface area (Å²) >= 11 is 0. The molecule has 1 aromatic heterocycles. The van der Waals surface area contributed by atoms with Crippen molar-refractivity contribution < 1.29 is 9.84 Å². The Kier molecular flexibility index (Phi) is 7.37. The van der Waals surface area contributed by atoms with Gasteiger partial charge in [-0.05, 0) is 49.2 Å². The average molecular weight is 380 g/mol. The fourth-order valence-electron chi connectivity index (χ4n) is 3.26. The summed E-state index contributed by atoms with van der Waals surface area (Å²) in [5, 5.41) is 16.1. The van der Waals surface area contributed by atoms with E-state index in [-0.39, 0.29) is 0 Å². The van der Waals surface area contributed by atoms with E-state index in [2.05, 4.69) is 40.3 Å². The average Bonchev–Trinajstić information content (AvgIpc) is 2.71. The van der Waals surface area contributed by atoms with Gasteiger partial charge in [0.25, 0.3) is 0 Å². The van der Waals surface area contributed by atoms with Crippen LogP contribution in [0.5, 0.6) is 5.75 Å². The number of hydrogen-bond acceptors (Lipinski definition) is 5. The number of rotatable bonds is 10. The quantitative estimate of drug-likeness (QED) is 0.567. The Morgan fingerprint density at radius 2 is 1.89 bits per heavy atom. The van der Waals surface area contributed by atoms with E-state index in [4.69, 9.17) is 4.74 Å². The summed E-state index contributed by atoms with van der Waals surface area (Å²) in [5.74, 6) is 0.783. The molecule has 148 valence electrons. The molecule has 0 radical (unpaired) electrons. The highest BCUT2D eigenvalue weighted by Crippen LogP contribution is 2.14. The van der Waals surface area contributed by atoms with Crippen LogP contribution in [0.25, 0.3) is 10.8 Å². The van der Waals surface area contributed by atoms with E-state index in [1.807, 2.05) is 55.8 Å². The van der Waals surface area contributed by atoms with Crippen molar-refractivity contribution in [2.45, 2.75) is 25.6 Å². The number of pyridine rings is 1. The molecule has 5 heteroatoms. The third kappa shape index (κ3) is 6.30. The first-order valence-corrected chi connectivity index (χ1v) is 9.70. The molecule has 0 fully saturated rings. The zero-order valence-corrected chi connectivity index (χ0v) is 16.6. The molecule has 0 aliphatic carbocycles. The van der Waals surface area contributed by atoms with Gasteiger partial charge in [-0.15, -0.1) is 0 Å². The van der Waals surface area contributed by atoms with Gasteiger partial charge in [0.15, 0.2) is 0 Å². The molecule has 5 nitrogen and oxygen atoms in total. The number of aromatic nitrogens is 1. The summed E-state index contributed by atoms with van der Waals surface area (Å²) in [6.45, 7) is 4.69. The van der Waals surface area contributed by atoms with Crippen molar-refractivity contribution in [1.29, 1.82) is 0 Å². The summed E-state index contributed by atoms with van der Waals surface area (Å²) in [6.07, 6.45) is 3.19. The molecule has 1 heterocycles. The summed E-state index contributed by atoms with van der Waals surface area (Å²) in [6, 6.07) is 18.4. The van der Waals surface area contributed by atoms with Crippen molar-refractivity contribution in [3.05, 3.63) is 72.6 Å². The van der Waals surface area contributed by atoms with E-state index >= 15 is 0 Å². The van der Waals surface area contributed by atoms with Crippen LogP contribution in [-0.4, -0.2) is 53.9 Å². The van der Waals surface area contributed by atoms with Crippen LogP contribution >= 0.6 is 0 Å². The van der Waals surface area contributed by atoms with Gasteiger partial charge in [-0.2, -0.15) is 0 Å². The molecule has 0 saturated carbocycles. The normalized spacial score (nSPS) is 13.6. The predicted octanol–water partition coefficient (Wildman–Crippen LogP) is 3.08. The van der Waals surface area contributed by atoms with Crippen LogP contribution in [-0.2, 0) is 6.54 Å². The van der Waals surface area contributed by atoms with Gasteiger partial charge in [-0.1, -0.05) is 30.3 Å². The van der Waals surface area contributed by atoms with E-state index in [0.717, 1.165) is 24.2 Å². The largest absolute Gasteiger partial charge is 0.491 e. The number of likely N-dealkylation sites (N-methyl/N-ethyl adjacent to an activating group) is 1. The van der Waals surface area contributed by atoms with E-state index in [1.54, 1.807) is 0 Å². The molecule has 1 unspecified atom stereocenters. The summed E-state index contributed by atoms with van der Waals surface area (Å²) in [5.41, 5.74) is 1.25. The SMILES string of the molecule is C[C@H](CN(C)CC(O)COc1ccccc1)NCc1ccc2cnccc2c1. The Morgan fingerprint density at radius 1 is 1.07 bits per heavy atom. The number of nitrogens with zero attached hydrogens (tertiary/aromatic N) is 2. The number of aliphatic hydroxyl groups is 1. The molecule has 0 saturated heterocycles. The van der Waals surface area contributed by atoms with Crippen molar-refractivity contribution in [2.24, 2.45) is 0 Å². The maximum Gasteiger partial charge on any atom is 0.119 e. The van der Waals surface area contributed by atoms with Crippen molar-refractivity contribution >= 4 is 10.8 Å². The van der Waals surface area contributed by atoms with Crippen LogP contribution in [0.15, 0.2) is 67.0 Å². The molecule has 3 rings (SSSR count). The number of fused-ring (bicyclic) bond motifs is 1. The first kappa shape index (κ1) is 20.3. The van der Waals surface area contributed by atoms with E-state index < -0.39 is 6.10 Å². The van der Waals surface area contributed by atoms with Crippen LogP contribution in [0.1, 0.15) is 12.5 Å². The Labute approximate surface area is 167 Å². The molecule has 0 aliphatic rings. The van der Waals surface area contributed by atoms with Crippen LogP contribution in [0.2, 0.25) is 0 Å². The van der Waals surface area contributed by atoms with Gasteiger partial charge in [-0.3, -0.25) is 4.98 Å². The zero-order valence-electron chi connectivity index (χ0n) is 16.6. The maximum atomic E-state index is 10.2.